The monoisotopic (exact) mass is 565 g/mol. The first kappa shape index (κ1) is 23.3. The summed E-state index contributed by atoms with van der Waals surface area (Å²) in [6, 6.07) is 20.1. The highest BCUT2D eigenvalue weighted by Crippen LogP contribution is 2.36. The van der Waals surface area contributed by atoms with E-state index in [1.807, 2.05) is 43.3 Å². The second-order valence-corrected chi connectivity index (χ2v) is 8.49. The number of para-hydroxylation sites is 2. The van der Waals surface area contributed by atoms with Crippen LogP contribution in [0.5, 0.6) is 11.5 Å². The van der Waals surface area contributed by atoms with Crippen LogP contribution in [-0.2, 0) is 6.61 Å². The van der Waals surface area contributed by atoms with Crippen molar-refractivity contribution in [2.45, 2.75) is 13.5 Å². The molecule has 1 aromatic heterocycles. The van der Waals surface area contributed by atoms with Crippen LogP contribution >= 0.6 is 22.6 Å². The quantitative estimate of drug-likeness (QED) is 0.203. The fourth-order valence-corrected chi connectivity index (χ4v) is 4.16. The molecule has 8 heteroatoms. The first-order valence-electron chi connectivity index (χ1n) is 10.5. The summed E-state index contributed by atoms with van der Waals surface area (Å²) in [7, 11) is 0. The third-order valence-corrected chi connectivity index (χ3v) is 5.79. The number of hydrogen-bond acceptors (Lipinski definition) is 5. The highest BCUT2D eigenvalue weighted by atomic mass is 127. The molecule has 2 N–H and O–H groups in total. The molecule has 7 nitrogen and oxygen atoms in total. The van der Waals surface area contributed by atoms with Crippen LogP contribution in [0.15, 0.2) is 60.7 Å². The van der Waals surface area contributed by atoms with E-state index in [1.165, 1.54) is 0 Å². The Hall–Kier alpha value is -3.84. The fraction of sp³-hybridized carbons (Fsp3) is 0.115. The molecule has 3 aromatic carbocycles. The van der Waals surface area contributed by atoms with Crippen molar-refractivity contribution in [3.8, 4) is 17.6 Å². The molecular formula is C26H20IN3O4. The number of nitriles is 1. The first-order valence-corrected chi connectivity index (χ1v) is 11.5. The van der Waals surface area contributed by atoms with E-state index < -0.39 is 5.97 Å². The number of nitrogens with zero attached hydrogens (tertiary/aromatic N) is 2. The average molecular weight is 565 g/mol. The summed E-state index contributed by atoms with van der Waals surface area (Å²) < 4.78 is 12.7. The lowest BCUT2D eigenvalue weighted by atomic mass is 10.1. The lowest BCUT2D eigenvalue weighted by Crippen LogP contribution is -2.03. The summed E-state index contributed by atoms with van der Waals surface area (Å²) in [5.41, 5.74) is 3.91. The van der Waals surface area contributed by atoms with Crippen LogP contribution in [0.2, 0.25) is 0 Å². The summed E-state index contributed by atoms with van der Waals surface area (Å²) in [6.07, 6.45) is 1.76. The first-order chi connectivity index (χ1) is 16.5. The largest absolute Gasteiger partial charge is 0.490 e. The topological polar surface area (TPSA) is 108 Å². The van der Waals surface area contributed by atoms with E-state index in [9.17, 15) is 10.1 Å². The molecule has 0 spiro atoms. The maximum Gasteiger partial charge on any atom is 0.335 e. The molecule has 0 aliphatic rings. The number of carboxylic acids is 1. The van der Waals surface area contributed by atoms with Crippen molar-refractivity contribution in [3.63, 3.8) is 0 Å². The van der Waals surface area contributed by atoms with Crippen LogP contribution in [-0.4, -0.2) is 27.7 Å². The molecule has 0 aliphatic carbocycles. The Kier molecular flexibility index (Phi) is 7.13. The number of aromatic nitrogens is 2. The van der Waals surface area contributed by atoms with Crippen LogP contribution in [0.3, 0.4) is 0 Å². The van der Waals surface area contributed by atoms with Crippen molar-refractivity contribution >= 4 is 51.2 Å². The van der Waals surface area contributed by atoms with Crippen molar-refractivity contribution in [1.82, 2.24) is 9.97 Å². The van der Waals surface area contributed by atoms with Crippen LogP contribution in [0.1, 0.15) is 34.2 Å². The van der Waals surface area contributed by atoms with Crippen LogP contribution < -0.4 is 9.47 Å². The molecule has 0 atom stereocenters. The number of benzene rings is 3. The van der Waals surface area contributed by atoms with Gasteiger partial charge < -0.3 is 19.6 Å². The molecule has 4 aromatic rings. The smallest absolute Gasteiger partial charge is 0.335 e. The molecule has 0 saturated heterocycles. The van der Waals surface area contributed by atoms with Gasteiger partial charge in [0.05, 0.1) is 32.3 Å². The van der Waals surface area contributed by atoms with Crippen LogP contribution in [0, 0.1) is 14.9 Å². The summed E-state index contributed by atoms with van der Waals surface area (Å²) in [6.45, 7) is 2.59. The zero-order chi connectivity index (χ0) is 24.1. The van der Waals surface area contributed by atoms with Gasteiger partial charge in [0, 0.05) is 0 Å². The van der Waals surface area contributed by atoms with Crippen molar-refractivity contribution in [2.75, 3.05) is 6.61 Å². The summed E-state index contributed by atoms with van der Waals surface area (Å²) in [5, 5.41) is 18.8. The summed E-state index contributed by atoms with van der Waals surface area (Å²) >= 11 is 2.17. The zero-order valence-electron chi connectivity index (χ0n) is 18.2. The van der Waals surface area contributed by atoms with Gasteiger partial charge in [0.25, 0.3) is 0 Å². The van der Waals surface area contributed by atoms with Gasteiger partial charge in [-0.05, 0) is 83.1 Å². The number of allylic oxidation sites excluding steroid dienone is 1. The highest BCUT2D eigenvalue weighted by Gasteiger charge is 2.14. The minimum absolute atomic E-state index is 0.224. The molecule has 4 rings (SSSR count). The van der Waals surface area contributed by atoms with Gasteiger partial charge in [0.1, 0.15) is 18.5 Å². The number of carbonyl (C=O) groups is 1. The normalized spacial score (nSPS) is 11.3. The predicted octanol–water partition coefficient (Wildman–Crippen LogP) is 5.91. The molecule has 0 radical (unpaired) electrons. The van der Waals surface area contributed by atoms with Gasteiger partial charge in [-0.1, -0.05) is 24.3 Å². The van der Waals surface area contributed by atoms with Gasteiger partial charge in [0.15, 0.2) is 11.5 Å². The number of fused-ring (bicyclic) bond motifs is 1. The number of halogens is 1. The Morgan fingerprint density at radius 2 is 1.94 bits per heavy atom. The molecule has 0 fully saturated rings. The Morgan fingerprint density at radius 1 is 1.18 bits per heavy atom. The zero-order valence-corrected chi connectivity index (χ0v) is 20.4. The molecule has 0 unspecified atom stereocenters. The van der Waals surface area contributed by atoms with Crippen molar-refractivity contribution in [2.24, 2.45) is 0 Å². The van der Waals surface area contributed by atoms with Crippen LogP contribution in [0.25, 0.3) is 22.7 Å². The number of H-pyrrole nitrogens is 1. The number of carboxylic acid groups (broad SMARTS) is 1. The number of ether oxygens (including phenoxy) is 2. The van der Waals surface area contributed by atoms with E-state index in [2.05, 4.69) is 38.6 Å². The van der Waals surface area contributed by atoms with E-state index in [1.54, 1.807) is 30.3 Å². The fourth-order valence-electron chi connectivity index (χ4n) is 3.37. The Bertz CT molecular complexity index is 1390. The molecule has 0 amide bonds. The average Bonchev–Trinajstić information content (AvgIpc) is 3.26. The third-order valence-electron chi connectivity index (χ3n) is 4.99. The molecule has 0 bridgehead atoms. The lowest BCUT2D eigenvalue weighted by Gasteiger charge is -2.15. The van der Waals surface area contributed by atoms with E-state index in [4.69, 9.17) is 14.6 Å². The predicted molar refractivity (Wildman–Crippen MR) is 138 cm³/mol. The molecule has 34 heavy (non-hydrogen) atoms. The Labute approximate surface area is 209 Å². The van der Waals surface area contributed by atoms with Gasteiger partial charge in [-0.15, -0.1) is 0 Å². The van der Waals surface area contributed by atoms with E-state index in [0.29, 0.717) is 29.5 Å². The van der Waals surface area contributed by atoms with Gasteiger partial charge in [-0.3, -0.25) is 0 Å². The minimum Gasteiger partial charge on any atom is -0.490 e. The standard InChI is InChI=1S/C26H20IN3O4/c1-2-33-23-13-17(11-19(14-28)25-29-21-5-3-4-6-22(21)30-25)12-20(27)24(23)34-15-16-7-9-18(10-8-16)26(31)32/h3-13H,2,15H2,1H3,(H,29,30)(H,31,32)/b19-11+. The Morgan fingerprint density at radius 3 is 2.62 bits per heavy atom. The number of nitrogens with one attached hydrogen (secondary N) is 1. The SMILES string of the molecule is CCOc1cc(/C=C(\C#N)c2nc3ccccc3[nH]2)cc(I)c1OCc1ccc(C(=O)O)cc1. The maximum absolute atomic E-state index is 11.0. The minimum atomic E-state index is -0.969. The Balaban J connectivity index is 1.62. The summed E-state index contributed by atoms with van der Waals surface area (Å²) in [5.74, 6) is 0.680. The number of aromatic carboxylic acids is 1. The third kappa shape index (κ3) is 5.21. The summed E-state index contributed by atoms with van der Waals surface area (Å²) in [4.78, 5) is 18.7. The van der Waals surface area contributed by atoms with Crippen molar-refractivity contribution < 1.29 is 19.4 Å². The number of aromatic amines is 1. The van der Waals surface area contributed by atoms with Gasteiger partial charge in [-0.25, -0.2) is 9.78 Å². The molecule has 1 heterocycles. The van der Waals surface area contributed by atoms with Crippen molar-refractivity contribution in [3.05, 3.63) is 86.7 Å². The maximum atomic E-state index is 11.0. The van der Waals surface area contributed by atoms with Crippen LogP contribution in [0.4, 0.5) is 0 Å². The van der Waals surface area contributed by atoms with E-state index in [0.717, 1.165) is 25.7 Å². The lowest BCUT2D eigenvalue weighted by molar-refractivity contribution is 0.0697. The second kappa shape index (κ2) is 10.4. The number of imidazole rings is 1. The van der Waals surface area contributed by atoms with E-state index in [-0.39, 0.29) is 12.2 Å². The molecular weight excluding hydrogens is 545 g/mol. The number of rotatable bonds is 8. The van der Waals surface area contributed by atoms with Crippen molar-refractivity contribution in [1.29, 1.82) is 5.26 Å². The van der Waals surface area contributed by atoms with E-state index >= 15 is 0 Å². The number of hydrogen-bond donors (Lipinski definition) is 2. The van der Waals surface area contributed by atoms with Gasteiger partial charge in [-0.2, -0.15) is 5.26 Å². The molecule has 0 saturated carbocycles. The van der Waals surface area contributed by atoms with Gasteiger partial charge in [0.2, 0.25) is 0 Å². The van der Waals surface area contributed by atoms with Gasteiger partial charge >= 0.3 is 5.97 Å². The second-order valence-electron chi connectivity index (χ2n) is 7.33. The highest BCUT2D eigenvalue weighted by molar-refractivity contribution is 14.1. The molecule has 170 valence electrons. The molecule has 0 aliphatic heterocycles.